The number of rotatable bonds is 7. The molecular formula is C16H25FN2O3S. The SMILES string of the molecule is CC(C)C(C)(CN)NC(=O)CC(C)S(=O)(=O)c1ccc(F)cc1. The van der Waals surface area contributed by atoms with Gasteiger partial charge in [-0.05, 0) is 44.0 Å². The summed E-state index contributed by atoms with van der Waals surface area (Å²) in [4.78, 5) is 12.2. The number of carbonyl (C=O) groups is 1. The molecule has 0 aliphatic rings. The lowest BCUT2D eigenvalue weighted by Crippen LogP contribution is -2.55. The summed E-state index contributed by atoms with van der Waals surface area (Å²) in [6.45, 7) is 7.43. The first-order valence-corrected chi connectivity index (χ1v) is 9.08. The van der Waals surface area contributed by atoms with Gasteiger partial charge in [-0.15, -0.1) is 0 Å². The molecule has 1 rings (SSSR count). The lowest BCUT2D eigenvalue weighted by Gasteiger charge is -2.34. The summed E-state index contributed by atoms with van der Waals surface area (Å²) in [5.74, 6) is -0.768. The Morgan fingerprint density at radius 1 is 1.26 bits per heavy atom. The van der Waals surface area contributed by atoms with Crippen molar-refractivity contribution in [3.63, 3.8) is 0 Å². The number of hydrogen-bond acceptors (Lipinski definition) is 4. The van der Waals surface area contributed by atoms with Crippen LogP contribution in [0.3, 0.4) is 0 Å². The molecule has 2 atom stereocenters. The van der Waals surface area contributed by atoms with Crippen LogP contribution in [0, 0.1) is 11.7 Å². The fourth-order valence-corrected chi connectivity index (χ4v) is 3.38. The van der Waals surface area contributed by atoms with Crippen LogP contribution in [-0.2, 0) is 14.6 Å². The Labute approximate surface area is 137 Å². The molecule has 130 valence electrons. The second-order valence-electron chi connectivity index (χ2n) is 6.34. The van der Waals surface area contributed by atoms with Gasteiger partial charge >= 0.3 is 0 Å². The van der Waals surface area contributed by atoms with Crippen LogP contribution in [0.1, 0.15) is 34.1 Å². The third-order valence-corrected chi connectivity index (χ3v) is 6.42. The third-order valence-electron chi connectivity index (χ3n) is 4.27. The maximum Gasteiger partial charge on any atom is 0.221 e. The Bertz CT molecular complexity index is 644. The second-order valence-corrected chi connectivity index (χ2v) is 8.70. The van der Waals surface area contributed by atoms with Gasteiger partial charge < -0.3 is 11.1 Å². The zero-order chi connectivity index (χ0) is 17.8. The van der Waals surface area contributed by atoms with E-state index >= 15 is 0 Å². The number of hydrogen-bond donors (Lipinski definition) is 2. The third kappa shape index (κ3) is 4.75. The van der Waals surface area contributed by atoms with Gasteiger partial charge in [0.05, 0.1) is 15.7 Å². The maximum atomic E-state index is 12.9. The minimum atomic E-state index is -3.69. The molecule has 23 heavy (non-hydrogen) atoms. The standard InChI is InChI=1S/C16H25FN2O3S/c1-11(2)16(4,10-18)19-15(20)9-12(3)23(21,22)14-7-5-13(17)6-8-14/h5-8,11-12H,9-10,18H2,1-4H3,(H,19,20). The molecule has 0 heterocycles. The van der Waals surface area contributed by atoms with E-state index in [4.69, 9.17) is 5.73 Å². The Morgan fingerprint density at radius 2 is 1.78 bits per heavy atom. The summed E-state index contributed by atoms with van der Waals surface area (Å²) in [7, 11) is -3.69. The summed E-state index contributed by atoms with van der Waals surface area (Å²) in [5.41, 5.74) is 5.12. The molecule has 0 aliphatic heterocycles. The topological polar surface area (TPSA) is 89.3 Å². The summed E-state index contributed by atoms with van der Waals surface area (Å²) >= 11 is 0. The molecule has 0 aliphatic carbocycles. The fraction of sp³-hybridized carbons (Fsp3) is 0.562. The Hall–Kier alpha value is -1.47. The number of halogens is 1. The molecule has 2 unspecified atom stereocenters. The summed E-state index contributed by atoms with van der Waals surface area (Å²) in [6.07, 6.45) is -0.179. The number of benzene rings is 1. The van der Waals surface area contributed by atoms with E-state index < -0.39 is 26.4 Å². The number of carbonyl (C=O) groups excluding carboxylic acids is 1. The van der Waals surface area contributed by atoms with E-state index in [1.54, 1.807) is 0 Å². The molecule has 1 aromatic rings. The summed E-state index contributed by atoms with van der Waals surface area (Å²) in [5, 5.41) is 1.90. The van der Waals surface area contributed by atoms with Crippen molar-refractivity contribution < 1.29 is 17.6 Å². The van der Waals surface area contributed by atoms with Crippen molar-refractivity contribution >= 4 is 15.7 Å². The first kappa shape index (κ1) is 19.6. The van der Waals surface area contributed by atoms with Crippen molar-refractivity contribution in [3.8, 4) is 0 Å². The van der Waals surface area contributed by atoms with Crippen molar-refractivity contribution in [2.24, 2.45) is 11.7 Å². The van der Waals surface area contributed by atoms with Gasteiger partial charge in [0.2, 0.25) is 5.91 Å². The van der Waals surface area contributed by atoms with Crippen LogP contribution < -0.4 is 11.1 Å². The van der Waals surface area contributed by atoms with E-state index in [9.17, 15) is 17.6 Å². The van der Waals surface area contributed by atoms with Crippen LogP contribution in [0.4, 0.5) is 4.39 Å². The van der Waals surface area contributed by atoms with E-state index in [1.807, 2.05) is 20.8 Å². The van der Waals surface area contributed by atoms with E-state index in [2.05, 4.69) is 5.32 Å². The monoisotopic (exact) mass is 344 g/mol. The molecule has 3 N–H and O–H groups in total. The molecule has 0 bridgehead atoms. The molecule has 0 aromatic heterocycles. The average Bonchev–Trinajstić information content (AvgIpc) is 2.47. The Balaban J connectivity index is 2.84. The molecule has 1 aromatic carbocycles. The van der Waals surface area contributed by atoms with Gasteiger partial charge in [0, 0.05) is 13.0 Å². The van der Waals surface area contributed by atoms with Crippen LogP contribution in [0.2, 0.25) is 0 Å². The van der Waals surface area contributed by atoms with Gasteiger partial charge in [0.15, 0.2) is 9.84 Å². The maximum absolute atomic E-state index is 12.9. The van der Waals surface area contributed by atoms with E-state index in [0.29, 0.717) is 0 Å². The van der Waals surface area contributed by atoms with Crippen molar-refractivity contribution in [2.45, 2.75) is 49.8 Å². The van der Waals surface area contributed by atoms with E-state index in [0.717, 1.165) is 12.1 Å². The quantitative estimate of drug-likeness (QED) is 0.739. The largest absolute Gasteiger partial charge is 0.349 e. The molecule has 5 nitrogen and oxygen atoms in total. The van der Waals surface area contributed by atoms with Gasteiger partial charge in [-0.2, -0.15) is 0 Å². The molecule has 0 spiro atoms. The first-order chi connectivity index (χ1) is 10.5. The minimum Gasteiger partial charge on any atom is -0.349 e. The van der Waals surface area contributed by atoms with Gasteiger partial charge in [-0.1, -0.05) is 13.8 Å². The van der Waals surface area contributed by atoms with Gasteiger partial charge in [0.25, 0.3) is 0 Å². The van der Waals surface area contributed by atoms with Crippen LogP contribution in [0.5, 0.6) is 0 Å². The highest BCUT2D eigenvalue weighted by atomic mass is 32.2. The number of nitrogens with two attached hydrogens (primary N) is 1. The average molecular weight is 344 g/mol. The molecule has 7 heteroatoms. The van der Waals surface area contributed by atoms with Gasteiger partial charge in [0.1, 0.15) is 5.82 Å². The summed E-state index contributed by atoms with van der Waals surface area (Å²) < 4.78 is 37.8. The lowest BCUT2D eigenvalue weighted by molar-refractivity contribution is -0.123. The van der Waals surface area contributed by atoms with Crippen molar-refractivity contribution in [2.75, 3.05) is 6.54 Å². The molecule has 1 amide bonds. The smallest absolute Gasteiger partial charge is 0.221 e. The molecule has 0 saturated heterocycles. The fourth-order valence-electron chi connectivity index (χ4n) is 2.03. The van der Waals surface area contributed by atoms with Crippen molar-refractivity contribution in [3.05, 3.63) is 30.1 Å². The zero-order valence-corrected chi connectivity index (χ0v) is 14.8. The molecule has 0 saturated carbocycles. The number of amides is 1. The van der Waals surface area contributed by atoms with E-state index in [1.165, 1.54) is 19.1 Å². The zero-order valence-electron chi connectivity index (χ0n) is 14.0. The van der Waals surface area contributed by atoms with Crippen molar-refractivity contribution in [1.82, 2.24) is 5.32 Å². The van der Waals surface area contributed by atoms with E-state index in [-0.39, 0.29) is 29.7 Å². The predicted molar refractivity (Wildman–Crippen MR) is 88.1 cm³/mol. The normalized spacial score (nSPS) is 16.0. The van der Waals surface area contributed by atoms with Gasteiger partial charge in [-0.25, -0.2) is 12.8 Å². The number of sulfone groups is 1. The van der Waals surface area contributed by atoms with Crippen molar-refractivity contribution in [1.29, 1.82) is 0 Å². The highest BCUT2D eigenvalue weighted by molar-refractivity contribution is 7.92. The van der Waals surface area contributed by atoms with Crippen LogP contribution in [0.25, 0.3) is 0 Å². The lowest BCUT2D eigenvalue weighted by atomic mass is 9.88. The Kier molecular flexibility index (Phi) is 6.30. The Morgan fingerprint density at radius 3 is 2.22 bits per heavy atom. The highest BCUT2D eigenvalue weighted by Crippen LogP contribution is 2.20. The molecular weight excluding hydrogens is 319 g/mol. The van der Waals surface area contributed by atoms with Gasteiger partial charge in [-0.3, -0.25) is 4.79 Å². The second kappa shape index (κ2) is 7.40. The van der Waals surface area contributed by atoms with Crippen LogP contribution in [-0.4, -0.2) is 31.7 Å². The first-order valence-electron chi connectivity index (χ1n) is 7.53. The predicted octanol–water partition coefficient (Wildman–Crippen LogP) is 1.87. The minimum absolute atomic E-state index is 0.00430. The van der Waals surface area contributed by atoms with Crippen LogP contribution >= 0.6 is 0 Å². The molecule has 0 radical (unpaired) electrons. The number of nitrogens with one attached hydrogen (secondary N) is 1. The van der Waals surface area contributed by atoms with Crippen LogP contribution in [0.15, 0.2) is 29.2 Å². The molecule has 0 fully saturated rings. The highest BCUT2D eigenvalue weighted by Gasteiger charge is 2.31. The summed E-state index contributed by atoms with van der Waals surface area (Å²) in [6, 6.07) is 4.59.